The van der Waals surface area contributed by atoms with Gasteiger partial charge in [-0.05, 0) is 38.4 Å². The normalized spacial score (nSPS) is 22.9. The molecule has 0 bridgehead atoms. The highest BCUT2D eigenvalue weighted by molar-refractivity contribution is 7.84. The maximum Gasteiger partial charge on any atom is 0.218 e. The van der Waals surface area contributed by atoms with Crippen molar-refractivity contribution < 1.29 is 4.21 Å². The summed E-state index contributed by atoms with van der Waals surface area (Å²) < 4.78 is 11.9. The van der Waals surface area contributed by atoms with Crippen LogP contribution in [0.1, 0.15) is 12.1 Å². The lowest BCUT2D eigenvalue weighted by atomic mass is 10.2. The molecule has 2 rings (SSSR count). The predicted molar refractivity (Wildman–Crippen MR) is 59.0 cm³/mol. The molecular weight excluding hydrogens is 210 g/mol. The van der Waals surface area contributed by atoms with Gasteiger partial charge in [-0.15, -0.1) is 0 Å². The second-order valence-corrected chi connectivity index (χ2v) is 5.24. The summed E-state index contributed by atoms with van der Waals surface area (Å²) in [7, 11) is -1.05. The van der Waals surface area contributed by atoms with Crippen molar-refractivity contribution in [1.82, 2.24) is 15.3 Å². The van der Waals surface area contributed by atoms with E-state index in [4.69, 9.17) is 0 Å². The van der Waals surface area contributed by atoms with Crippen LogP contribution in [0.5, 0.6) is 0 Å². The van der Waals surface area contributed by atoms with Crippen molar-refractivity contribution >= 4 is 10.8 Å². The first-order valence-corrected chi connectivity index (χ1v) is 6.46. The minimum absolute atomic E-state index is 0.474. The van der Waals surface area contributed by atoms with E-state index >= 15 is 0 Å². The molecule has 4 nitrogen and oxygen atoms in total. The molecule has 1 aromatic heterocycles. The smallest absolute Gasteiger partial charge is 0.218 e. The molecule has 0 aromatic carbocycles. The number of aromatic nitrogens is 2. The van der Waals surface area contributed by atoms with Gasteiger partial charge < -0.3 is 5.32 Å². The summed E-state index contributed by atoms with van der Waals surface area (Å²) in [5, 5.41) is 3.74. The van der Waals surface area contributed by atoms with Crippen LogP contribution in [0.15, 0.2) is 17.4 Å². The molecule has 2 heterocycles. The van der Waals surface area contributed by atoms with E-state index in [0.717, 1.165) is 25.2 Å². The zero-order chi connectivity index (χ0) is 10.7. The van der Waals surface area contributed by atoms with E-state index in [-0.39, 0.29) is 0 Å². The molecule has 1 aliphatic heterocycles. The molecule has 0 saturated carbocycles. The summed E-state index contributed by atoms with van der Waals surface area (Å²) in [6, 6.07) is 1.82. The standard InChI is InChI=1S/C10H15N3OS/c1-8-2-5-12-10(13-8)15(14)7-9-3-4-11-6-9/h2,5,9,11H,3-4,6-7H2,1H3/t9-,15+/m0/s1. The Kier molecular flexibility index (Phi) is 3.43. The van der Waals surface area contributed by atoms with Gasteiger partial charge in [-0.3, -0.25) is 4.21 Å². The van der Waals surface area contributed by atoms with E-state index in [9.17, 15) is 4.21 Å². The average molecular weight is 225 g/mol. The Hall–Kier alpha value is -0.810. The molecule has 0 spiro atoms. The monoisotopic (exact) mass is 225 g/mol. The van der Waals surface area contributed by atoms with Crippen LogP contribution in [0.25, 0.3) is 0 Å². The molecule has 1 aromatic rings. The van der Waals surface area contributed by atoms with Gasteiger partial charge in [0.15, 0.2) is 0 Å². The quantitative estimate of drug-likeness (QED) is 0.761. The van der Waals surface area contributed by atoms with Crippen LogP contribution in [0.2, 0.25) is 0 Å². The number of nitrogens with zero attached hydrogens (tertiary/aromatic N) is 2. The van der Waals surface area contributed by atoms with Gasteiger partial charge in [0.25, 0.3) is 0 Å². The predicted octanol–water partition coefficient (Wildman–Crippen LogP) is 0.502. The van der Waals surface area contributed by atoms with Crippen LogP contribution >= 0.6 is 0 Å². The molecule has 15 heavy (non-hydrogen) atoms. The first kappa shape index (κ1) is 10.7. The fourth-order valence-corrected chi connectivity index (χ4v) is 2.97. The highest BCUT2D eigenvalue weighted by Crippen LogP contribution is 2.12. The lowest BCUT2D eigenvalue weighted by Crippen LogP contribution is -2.16. The van der Waals surface area contributed by atoms with Gasteiger partial charge >= 0.3 is 0 Å². The van der Waals surface area contributed by atoms with Crippen molar-refractivity contribution in [3.63, 3.8) is 0 Å². The fourth-order valence-electron chi connectivity index (χ4n) is 1.68. The average Bonchev–Trinajstić information content (AvgIpc) is 2.70. The van der Waals surface area contributed by atoms with E-state index in [1.807, 2.05) is 13.0 Å². The molecule has 1 aliphatic rings. The molecule has 0 unspecified atom stereocenters. The van der Waals surface area contributed by atoms with E-state index in [1.54, 1.807) is 6.20 Å². The van der Waals surface area contributed by atoms with E-state index in [1.165, 1.54) is 0 Å². The van der Waals surface area contributed by atoms with Crippen molar-refractivity contribution in [3.8, 4) is 0 Å². The molecule has 2 atom stereocenters. The van der Waals surface area contributed by atoms with Crippen molar-refractivity contribution in [2.24, 2.45) is 5.92 Å². The largest absolute Gasteiger partial charge is 0.316 e. The molecule has 0 amide bonds. The summed E-state index contributed by atoms with van der Waals surface area (Å²) >= 11 is 0. The van der Waals surface area contributed by atoms with Crippen molar-refractivity contribution in [2.75, 3.05) is 18.8 Å². The van der Waals surface area contributed by atoms with Gasteiger partial charge in [-0.2, -0.15) is 0 Å². The Morgan fingerprint density at radius 2 is 2.53 bits per heavy atom. The summed E-state index contributed by atoms with van der Waals surface area (Å²) in [5.74, 6) is 1.19. The number of nitrogens with one attached hydrogen (secondary N) is 1. The number of hydrogen-bond acceptors (Lipinski definition) is 4. The molecule has 82 valence electrons. The third kappa shape index (κ3) is 2.82. The van der Waals surface area contributed by atoms with Crippen molar-refractivity contribution in [3.05, 3.63) is 18.0 Å². The van der Waals surface area contributed by atoms with Crippen LogP contribution in [0, 0.1) is 12.8 Å². The first-order chi connectivity index (χ1) is 7.25. The van der Waals surface area contributed by atoms with E-state index in [2.05, 4.69) is 15.3 Å². The summed E-state index contributed by atoms with van der Waals surface area (Å²) in [6.45, 7) is 3.90. The maximum absolute atomic E-state index is 11.9. The topological polar surface area (TPSA) is 54.9 Å². The Labute approximate surface area is 92.0 Å². The lowest BCUT2D eigenvalue weighted by Gasteiger charge is -2.06. The zero-order valence-electron chi connectivity index (χ0n) is 8.77. The van der Waals surface area contributed by atoms with Gasteiger partial charge in [-0.25, -0.2) is 9.97 Å². The molecule has 1 fully saturated rings. The Balaban J connectivity index is 2.01. The van der Waals surface area contributed by atoms with Gasteiger partial charge in [-0.1, -0.05) is 0 Å². The molecule has 0 radical (unpaired) electrons. The van der Waals surface area contributed by atoms with E-state index < -0.39 is 10.8 Å². The highest BCUT2D eigenvalue weighted by atomic mass is 32.2. The first-order valence-electron chi connectivity index (χ1n) is 5.14. The van der Waals surface area contributed by atoms with Crippen LogP contribution in [0.3, 0.4) is 0 Å². The Morgan fingerprint density at radius 1 is 1.67 bits per heavy atom. The summed E-state index contributed by atoms with van der Waals surface area (Å²) in [4.78, 5) is 8.23. The van der Waals surface area contributed by atoms with Gasteiger partial charge in [0.2, 0.25) is 5.16 Å². The van der Waals surface area contributed by atoms with Crippen LogP contribution < -0.4 is 5.32 Å². The van der Waals surface area contributed by atoms with Gasteiger partial charge in [0.05, 0.1) is 10.8 Å². The molecule has 1 saturated heterocycles. The number of hydrogen-bond donors (Lipinski definition) is 1. The summed E-state index contributed by atoms with van der Waals surface area (Å²) in [5.41, 5.74) is 0.873. The van der Waals surface area contributed by atoms with Crippen LogP contribution in [-0.2, 0) is 10.8 Å². The molecular formula is C10H15N3OS. The zero-order valence-corrected chi connectivity index (χ0v) is 9.59. The van der Waals surface area contributed by atoms with Gasteiger partial charge in [0.1, 0.15) is 0 Å². The fraction of sp³-hybridized carbons (Fsp3) is 0.600. The Bertz CT molecular complexity index is 363. The third-order valence-corrected chi connectivity index (χ3v) is 3.90. The molecule has 5 heteroatoms. The molecule has 0 aliphatic carbocycles. The van der Waals surface area contributed by atoms with Crippen molar-refractivity contribution in [1.29, 1.82) is 0 Å². The van der Waals surface area contributed by atoms with Crippen LogP contribution in [-0.4, -0.2) is 33.0 Å². The minimum Gasteiger partial charge on any atom is -0.316 e. The number of aryl methyl sites for hydroxylation is 1. The van der Waals surface area contributed by atoms with Gasteiger partial charge in [0, 0.05) is 17.6 Å². The second kappa shape index (κ2) is 4.81. The number of rotatable bonds is 3. The molecule has 1 N–H and O–H groups in total. The highest BCUT2D eigenvalue weighted by Gasteiger charge is 2.19. The minimum atomic E-state index is -1.05. The second-order valence-electron chi connectivity index (χ2n) is 3.85. The summed E-state index contributed by atoms with van der Waals surface area (Å²) in [6.07, 6.45) is 2.78. The SMILES string of the molecule is Cc1ccnc([S@](=O)C[C@H]2CCNC2)n1. The Morgan fingerprint density at radius 3 is 3.20 bits per heavy atom. The van der Waals surface area contributed by atoms with Crippen molar-refractivity contribution in [2.45, 2.75) is 18.5 Å². The third-order valence-electron chi connectivity index (χ3n) is 2.53. The van der Waals surface area contributed by atoms with E-state index in [0.29, 0.717) is 16.8 Å². The lowest BCUT2D eigenvalue weighted by molar-refractivity contribution is 0.627. The maximum atomic E-state index is 11.9. The van der Waals surface area contributed by atoms with Crippen LogP contribution in [0.4, 0.5) is 0 Å².